The second-order valence-electron chi connectivity index (χ2n) is 6.47. The number of nitrogens with zero attached hydrogens (tertiary/aromatic N) is 1. The Morgan fingerprint density at radius 2 is 1.67 bits per heavy atom. The predicted molar refractivity (Wildman–Crippen MR) is 98.6 cm³/mol. The van der Waals surface area contributed by atoms with Crippen molar-refractivity contribution in [2.75, 3.05) is 31.1 Å². The number of nitrogens with one attached hydrogen (secondary N) is 2. The number of fused-ring (bicyclic) bond motifs is 1. The van der Waals surface area contributed by atoms with Crippen LogP contribution in [0, 0.1) is 0 Å². The van der Waals surface area contributed by atoms with Crippen molar-refractivity contribution in [3.8, 4) is 0 Å². The van der Waals surface area contributed by atoms with Crippen LogP contribution in [-0.4, -0.2) is 26.2 Å². The van der Waals surface area contributed by atoms with Gasteiger partial charge in [0.2, 0.25) is 0 Å². The van der Waals surface area contributed by atoms with Crippen LogP contribution >= 0.6 is 11.6 Å². The van der Waals surface area contributed by atoms with Gasteiger partial charge < -0.3 is 4.90 Å². The number of aromatic amines is 1. The number of piperazine rings is 1. The van der Waals surface area contributed by atoms with E-state index in [-0.39, 0.29) is 0 Å². The van der Waals surface area contributed by atoms with E-state index < -0.39 is 0 Å². The first-order chi connectivity index (χ1) is 11.8. The molecule has 0 aliphatic carbocycles. The van der Waals surface area contributed by atoms with E-state index >= 15 is 0 Å². The number of benzene rings is 2. The highest BCUT2D eigenvalue weighted by Gasteiger charge is 2.26. The normalized spacial score (nSPS) is 15.8. The minimum absolute atomic E-state index is 0.811. The average molecular weight is 340 g/mol. The van der Waals surface area contributed by atoms with E-state index in [9.17, 15) is 0 Å². The van der Waals surface area contributed by atoms with Gasteiger partial charge in [0.25, 0.3) is 5.82 Å². The molecule has 0 unspecified atom stereocenters. The molecule has 0 spiro atoms. The first-order valence-electron chi connectivity index (χ1n) is 8.52. The number of quaternary nitrogens is 1. The Morgan fingerprint density at radius 1 is 0.917 bits per heavy atom. The number of rotatable bonds is 3. The summed E-state index contributed by atoms with van der Waals surface area (Å²) >= 11 is 5.97. The van der Waals surface area contributed by atoms with Gasteiger partial charge in [-0.3, -0.25) is 4.90 Å². The molecule has 4 heteroatoms. The summed E-state index contributed by atoms with van der Waals surface area (Å²) in [6.07, 6.45) is 0. The van der Waals surface area contributed by atoms with Gasteiger partial charge >= 0.3 is 0 Å². The third-order valence-electron chi connectivity index (χ3n) is 4.82. The number of H-pyrrole nitrogens is 1. The quantitative estimate of drug-likeness (QED) is 0.776. The SMILES string of the molecule is Clc1ccc(C[NH+]2CCN(c3ccc4ccccc4[nH+]3)CC2)cc1. The molecule has 1 aliphatic rings. The molecule has 1 aliphatic heterocycles. The fourth-order valence-electron chi connectivity index (χ4n) is 3.42. The Kier molecular flexibility index (Phi) is 4.37. The summed E-state index contributed by atoms with van der Waals surface area (Å²) in [6.45, 7) is 5.55. The van der Waals surface area contributed by atoms with Gasteiger partial charge in [0, 0.05) is 22.0 Å². The van der Waals surface area contributed by atoms with Crippen LogP contribution in [0.1, 0.15) is 5.56 Å². The highest BCUT2D eigenvalue weighted by Crippen LogP contribution is 2.14. The maximum absolute atomic E-state index is 5.97. The van der Waals surface area contributed by atoms with E-state index in [2.05, 4.69) is 58.4 Å². The number of hydrogen-bond acceptors (Lipinski definition) is 1. The van der Waals surface area contributed by atoms with Gasteiger partial charge in [-0.2, -0.15) is 0 Å². The van der Waals surface area contributed by atoms with Crippen LogP contribution in [0.5, 0.6) is 0 Å². The molecule has 24 heavy (non-hydrogen) atoms. The van der Waals surface area contributed by atoms with Crippen LogP contribution in [0.3, 0.4) is 0 Å². The maximum Gasteiger partial charge on any atom is 0.275 e. The summed E-state index contributed by atoms with van der Waals surface area (Å²) in [4.78, 5) is 7.66. The van der Waals surface area contributed by atoms with Crippen molar-refractivity contribution in [2.45, 2.75) is 6.54 Å². The molecule has 1 saturated heterocycles. The van der Waals surface area contributed by atoms with Gasteiger partial charge in [-0.15, -0.1) is 0 Å². The third kappa shape index (κ3) is 3.37. The molecule has 3 aromatic rings. The fraction of sp³-hybridized carbons (Fsp3) is 0.250. The number of pyridine rings is 1. The highest BCUT2D eigenvalue weighted by molar-refractivity contribution is 6.30. The Bertz CT molecular complexity index is 824. The highest BCUT2D eigenvalue weighted by atomic mass is 35.5. The molecular formula is C20H22ClN3+2. The predicted octanol–water partition coefficient (Wildman–Crippen LogP) is 2.21. The summed E-state index contributed by atoms with van der Waals surface area (Å²) in [6, 6.07) is 21.1. The molecule has 0 atom stereocenters. The van der Waals surface area contributed by atoms with Crippen LogP contribution in [0.25, 0.3) is 10.9 Å². The van der Waals surface area contributed by atoms with Gasteiger partial charge in [0.15, 0.2) is 0 Å². The monoisotopic (exact) mass is 339 g/mol. The molecule has 0 radical (unpaired) electrons. The number of para-hydroxylation sites is 1. The van der Waals surface area contributed by atoms with Crippen LogP contribution < -0.4 is 14.8 Å². The third-order valence-corrected chi connectivity index (χ3v) is 5.07. The summed E-state index contributed by atoms with van der Waals surface area (Å²) in [5.74, 6) is 1.22. The second-order valence-corrected chi connectivity index (χ2v) is 6.91. The molecule has 4 rings (SSSR count). The minimum Gasteiger partial charge on any atom is -0.325 e. The van der Waals surface area contributed by atoms with Crippen molar-refractivity contribution < 1.29 is 9.88 Å². The molecule has 2 aromatic carbocycles. The Labute approximate surface area is 147 Å². The molecule has 3 nitrogen and oxygen atoms in total. The van der Waals surface area contributed by atoms with Gasteiger partial charge in [-0.05, 0) is 24.3 Å². The summed E-state index contributed by atoms with van der Waals surface area (Å²) < 4.78 is 0. The molecule has 1 aromatic heterocycles. The van der Waals surface area contributed by atoms with E-state index in [1.54, 1.807) is 4.90 Å². The molecule has 2 heterocycles. The largest absolute Gasteiger partial charge is 0.325 e. The van der Waals surface area contributed by atoms with E-state index in [1.165, 1.54) is 22.3 Å². The van der Waals surface area contributed by atoms with Gasteiger partial charge in [0.05, 0.1) is 0 Å². The Balaban J connectivity index is 1.40. The van der Waals surface area contributed by atoms with E-state index in [1.807, 2.05) is 12.1 Å². The zero-order chi connectivity index (χ0) is 16.4. The lowest BCUT2D eigenvalue weighted by atomic mass is 10.2. The smallest absolute Gasteiger partial charge is 0.275 e. The molecule has 1 fully saturated rings. The number of anilines is 1. The summed E-state index contributed by atoms with van der Waals surface area (Å²) in [5, 5.41) is 2.07. The van der Waals surface area contributed by atoms with Crippen molar-refractivity contribution in [1.29, 1.82) is 0 Å². The van der Waals surface area contributed by atoms with Crippen molar-refractivity contribution in [2.24, 2.45) is 0 Å². The maximum atomic E-state index is 5.97. The molecule has 2 N–H and O–H groups in total. The van der Waals surface area contributed by atoms with Crippen molar-refractivity contribution in [1.82, 2.24) is 0 Å². The summed E-state index contributed by atoms with van der Waals surface area (Å²) in [7, 11) is 0. The molecule has 0 bridgehead atoms. The fourth-order valence-corrected chi connectivity index (χ4v) is 3.55. The van der Waals surface area contributed by atoms with E-state index in [0.29, 0.717) is 0 Å². The molecule has 122 valence electrons. The van der Waals surface area contributed by atoms with Crippen LogP contribution in [0.4, 0.5) is 5.82 Å². The number of hydrogen-bond donors (Lipinski definition) is 1. The second kappa shape index (κ2) is 6.80. The first-order valence-corrected chi connectivity index (χ1v) is 8.90. The molecular weight excluding hydrogens is 318 g/mol. The topological polar surface area (TPSA) is 21.8 Å². The number of aromatic nitrogens is 1. The van der Waals surface area contributed by atoms with E-state index in [4.69, 9.17) is 11.6 Å². The van der Waals surface area contributed by atoms with Gasteiger partial charge in [-0.25, -0.2) is 4.98 Å². The van der Waals surface area contributed by atoms with Crippen LogP contribution in [-0.2, 0) is 6.54 Å². The lowest BCUT2D eigenvalue weighted by Crippen LogP contribution is -3.13. The molecule has 0 saturated carbocycles. The minimum atomic E-state index is 0.811. The first kappa shape index (κ1) is 15.4. The average Bonchev–Trinajstić information content (AvgIpc) is 2.64. The standard InChI is InChI=1S/C20H20ClN3/c21-18-8-5-16(6-9-18)15-23-11-13-24(14-12-23)20-10-7-17-3-1-2-4-19(17)22-20/h1-10H,11-15H2/p+2. The van der Waals surface area contributed by atoms with Crippen molar-refractivity contribution in [3.63, 3.8) is 0 Å². The lowest BCUT2D eigenvalue weighted by molar-refractivity contribution is -0.914. The van der Waals surface area contributed by atoms with E-state index in [0.717, 1.165) is 37.7 Å². The zero-order valence-corrected chi connectivity index (χ0v) is 14.4. The molecule has 0 amide bonds. The van der Waals surface area contributed by atoms with Crippen molar-refractivity contribution in [3.05, 3.63) is 71.2 Å². The number of halogens is 1. The summed E-state index contributed by atoms with van der Waals surface area (Å²) in [5.41, 5.74) is 2.56. The van der Waals surface area contributed by atoms with Crippen molar-refractivity contribution >= 4 is 28.3 Å². The Hall–Kier alpha value is -2.10. The van der Waals surface area contributed by atoms with Gasteiger partial charge in [-0.1, -0.05) is 41.9 Å². The van der Waals surface area contributed by atoms with Gasteiger partial charge in [0.1, 0.15) is 38.2 Å². The lowest BCUT2D eigenvalue weighted by Gasteiger charge is -2.28. The van der Waals surface area contributed by atoms with Crippen LogP contribution in [0.15, 0.2) is 60.7 Å². The zero-order valence-electron chi connectivity index (χ0n) is 13.6. The Morgan fingerprint density at radius 3 is 2.46 bits per heavy atom. The van der Waals surface area contributed by atoms with Crippen LogP contribution in [0.2, 0.25) is 5.02 Å².